The van der Waals surface area contributed by atoms with Crippen molar-refractivity contribution in [2.24, 2.45) is 0 Å². The molecule has 0 bridgehead atoms. The van der Waals surface area contributed by atoms with Crippen LogP contribution in [0, 0.1) is 13.8 Å². The van der Waals surface area contributed by atoms with Crippen molar-refractivity contribution < 1.29 is 4.79 Å². The molecular formula is C20H21N5O. The van der Waals surface area contributed by atoms with E-state index < -0.39 is 0 Å². The highest BCUT2D eigenvalue weighted by molar-refractivity contribution is 5.92. The van der Waals surface area contributed by atoms with Crippen LogP contribution in [0.1, 0.15) is 33.0 Å². The summed E-state index contributed by atoms with van der Waals surface area (Å²) in [7, 11) is 0. The summed E-state index contributed by atoms with van der Waals surface area (Å²) in [6.45, 7) is 4.89. The number of aromatic nitrogens is 3. The van der Waals surface area contributed by atoms with Crippen LogP contribution in [0.15, 0.2) is 54.9 Å². The van der Waals surface area contributed by atoms with Crippen LogP contribution in [-0.2, 0) is 13.1 Å². The predicted molar refractivity (Wildman–Crippen MR) is 101 cm³/mol. The van der Waals surface area contributed by atoms with Gasteiger partial charge in [0.1, 0.15) is 17.3 Å². The van der Waals surface area contributed by atoms with E-state index in [1.807, 2.05) is 24.3 Å². The van der Waals surface area contributed by atoms with Gasteiger partial charge in [0.15, 0.2) is 0 Å². The number of amides is 1. The zero-order valence-corrected chi connectivity index (χ0v) is 14.9. The van der Waals surface area contributed by atoms with Gasteiger partial charge >= 0.3 is 0 Å². The number of hydrogen-bond donors (Lipinski definition) is 2. The molecule has 0 saturated carbocycles. The minimum atomic E-state index is -0.238. The Hall–Kier alpha value is -3.28. The molecule has 0 radical (unpaired) electrons. The molecule has 0 aliphatic carbocycles. The number of anilines is 1. The van der Waals surface area contributed by atoms with Crippen molar-refractivity contribution in [3.05, 3.63) is 83.1 Å². The number of carbonyl (C=O) groups excluding carboxylic acids is 1. The SMILES string of the molecule is Cc1nc(NCc2ccccc2C)cc(C(=O)NCc2cccnc2)n1. The fraction of sp³-hybridized carbons (Fsp3) is 0.200. The van der Waals surface area contributed by atoms with Gasteiger partial charge in [0.25, 0.3) is 5.91 Å². The molecule has 1 aromatic carbocycles. The minimum absolute atomic E-state index is 0.238. The van der Waals surface area contributed by atoms with E-state index in [1.54, 1.807) is 25.4 Å². The second-order valence-electron chi connectivity index (χ2n) is 6.01. The van der Waals surface area contributed by atoms with Gasteiger partial charge in [-0.2, -0.15) is 0 Å². The number of hydrogen-bond acceptors (Lipinski definition) is 5. The van der Waals surface area contributed by atoms with Gasteiger partial charge in [0.05, 0.1) is 0 Å². The van der Waals surface area contributed by atoms with Gasteiger partial charge in [-0.05, 0) is 36.6 Å². The van der Waals surface area contributed by atoms with Gasteiger partial charge in [-0.15, -0.1) is 0 Å². The van der Waals surface area contributed by atoms with Crippen LogP contribution in [0.3, 0.4) is 0 Å². The van der Waals surface area contributed by atoms with Gasteiger partial charge in [0, 0.05) is 31.5 Å². The standard InChI is InChI=1S/C20H21N5O/c1-14-6-3-4-8-17(14)13-22-19-10-18(24-15(2)25-19)20(26)23-12-16-7-5-9-21-11-16/h3-11H,12-13H2,1-2H3,(H,23,26)(H,22,24,25). The zero-order valence-electron chi connectivity index (χ0n) is 14.9. The first-order valence-electron chi connectivity index (χ1n) is 8.43. The third-order valence-corrected chi connectivity index (χ3v) is 3.97. The third-order valence-electron chi connectivity index (χ3n) is 3.97. The zero-order chi connectivity index (χ0) is 18.4. The van der Waals surface area contributed by atoms with Crippen molar-refractivity contribution >= 4 is 11.7 Å². The molecule has 132 valence electrons. The molecular weight excluding hydrogens is 326 g/mol. The first kappa shape index (κ1) is 17.5. The van der Waals surface area contributed by atoms with Crippen molar-refractivity contribution in [2.75, 3.05) is 5.32 Å². The summed E-state index contributed by atoms with van der Waals surface area (Å²) in [5.41, 5.74) is 3.67. The lowest BCUT2D eigenvalue weighted by Gasteiger charge is -2.10. The van der Waals surface area contributed by atoms with Crippen molar-refractivity contribution in [1.29, 1.82) is 0 Å². The summed E-state index contributed by atoms with van der Waals surface area (Å²) in [5.74, 6) is 0.942. The molecule has 0 spiro atoms. The number of pyridine rings is 1. The largest absolute Gasteiger partial charge is 0.366 e. The quantitative estimate of drug-likeness (QED) is 0.716. The summed E-state index contributed by atoms with van der Waals surface area (Å²) in [5, 5.41) is 6.13. The van der Waals surface area contributed by atoms with Crippen LogP contribution in [0.5, 0.6) is 0 Å². The normalized spacial score (nSPS) is 10.4. The molecule has 6 heteroatoms. The summed E-state index contributed by atoms with van der Waals surface area (Å²) in [6.07, 6.45) is 3.42. The molecule has 0 atom stereocenters. The highest BCUT2D eigenvalue weighted by Crippen LogP contribution is 2.12. The van der Waals surface area contributed by atoms with E-state index in [-0.39, 0.29) is 5.91 Å². The Morgan fingerprint density at radius 1 is 1.04 bits per heavy atom. The van der Waals surface area contributed by atoms with Gasteiger partial charge in [-0.1, -0.05) is 30.3 Å². The van der Waals surface area contributed by atoms with E-state index in [1.165, 1.54) is 11.1 Å². The average molecular weight is 347 g/mol. The fourth-order valence-electron chi connectivity index (χ4n) is 2.54. The number of carbonyl (C=O) groups is 1. The van der Waals surface area contributed by atoms with Crippen LogP contribution >= 0.6 is 0 Å². The van der Waals surface area contributed by atoms with E-state index in [9.17, 15) is 4.79 Å². The maximum atomic E-state index is 12.4. The third kappa shape index (κ3) is 4.63. The summed E-state index contributed by atoms with van der Waals surface area (Å²) in [6, 6.07) is 13.6. The van der Waals surface area contributed by atoms with Crippen molar-refractivity contribution in [1.82, 2.24) is 20.3 Å². The number of benzene rings is 1. The Morgan fingerprint density at radius 3 is 2.65 bits per heavy atom. The fourth-order valence-corrected chi connectivity index (χ4v) is 2.54. The summed E-state index contributed by atoms with van der Waals surface area (Å²) >= 11 is 0. The predicted octanol–water partition coefficient (Wildman–Crippen LogP) is 3.03. The van der Waals surface area contributed by atoms with Crippen molar-refractivity contribution in [3.63, 3.8) is 0 Å². The van der Waals surface area contributed by atoms with E-state index in [0.29, 0.717) is 30.4 Å². The summed E-state index contributed by atoms with van der Waals surface area (Å²) in [4.78, 5) is 25.0. The number of rotatable bonds is 6. The monoisotopic (exact) mass is 347 g/mol. The second kappa shape index (κ2) is 8.20. The van der Waals surface area contributed by atoms with Gasteiger partial charge in [-0.25, -0.2) is 9.97 Å². The number of nitrogens with zero attached hydrogens (tertiary/aromatic N) is 3. The average Bonchev–Trinajstić information content (AvgIpc) is 2.66. The lowest BCUT2D eigenvalue weighted by atomic mass is 10.1. The van der Waals surface area contributed by atoms with E-state index in [2.05, 4.69) is 44.6 Å². The molecule has 0 aliphatic heterocycles. The molecule has 1 amide bonds. The molecule has 26 heavy (non-hydrogen) atoms. The van der Waals surface area contributed by atoms with Crippen LogP contribution in [0.4, 0.5) is 5.82 Å². The van der Waals surface area contributed by atoms with Gasteiger partial charge < -0.3 is 10.6 Å². The van der Waals surface area contributed by atoms with Crippen LogP contribution in [0.25, 0.3) is 0 Å². The molecule has 2 N–H and O–H groups in total. The molecule has 6 nitrogen and oxygen atoms in total. The minimum Gasteiger partial charge on any atom is -0.366 e. The first-order valence-corrected chi connectivity index (χ1v) is 8.43. The smallest absolute Gasteiger partial charge is 0.270 e. The van der Waals surface area contributed by atoms with Crippen LogP contribution in [0.2, 0.25) is 0 Å². The number of aryl methyl sites for hydroxylation is 2. The van der Waals surface area contributed by atoms with Gasteiger partial charge in [-0.3, -0.25) is 9.78 Å². The van der Waals surface area contributed by atoms with E-state index >= 15 is 0 Å². The Labute approximate surface area is 152 Å². The number of nitrogens with one attached hydrogen (secondary N) is 2. The second-order valence-corrected chi connectivity index (χ2v) is 6.01. The van der Waals surface area contributed by atoms with Crippen molar-refractivity contribution in [3.8, 4) is 0 Å². The highest BCUT2D eigenvalue weighted by atomic mass is 16.1. The van der Waals surface area contributed by atoms with E-state index in [0.717, 1.165) is 5.56 Å². The molecule has 2 aromatic heterocycles. The van der Waals surface area contributed by atoms with Crippen LogP contribution < -0.4 is 10.6 Å². The van der Waals surface area contributed by atoms with Crippen molar-refractivity contribution in [2.45, 2.75) is 26.9 Å². The summed E-state index contributed by atoms with van der Waals surface area (Å²) < 4.78 is 0. The van der Waals surface area contributed by atoms with Crippen LogP contribution in [-0.4, -0.2) is 20.9 Å². The molecule has 3 rings (SSSR count). The Morgan fingerprint density at radius 2 is 1.88 bits per heavy atom. The van der Waals surface area contributed by atoms with E-state index in [4.69, 9.17) is 0 Å². The molecule has 3 aromatic rings. The van der Waals surface area contributed by atoms with Gasteiger partial charge in [0.2, 0.25) is 0 Å². The molecule has 0 aliphatic rings. The first-order chi connectivity index (χ1) is 12.6. The Kier molecular flexibility index (Phi) is 5.53. The maximum absolute atomic E-state index is 12.4. The molecule has 0 fully saturated rings. The Bertz CT molecular complexity index is 896. The maximum Gasteiger partial charge on any atom is 0.270 e. The molecule has 0 saturated heterocycles. The lowest BCUT2D eigenvalue weighted by molar-refractivity contribution is 0.0945. The topological polar surface area (TPSA) is 79.8 Å². The lowest BCUT2D eigenvalue weighted by Crippen LogP contribution is -2.24. The highest BCUT2D eigenvalue weighted by Gasteiger charge is 2.10. The molecule has 0 unspecified atom stereocenters. The Balaban J connectivity index is 1.67. The molecule has 2 heterocycles.